The Morgan fingerprint density at radius 1 is 1.04 bits per heavy atom. The molecule has 0 saturated heterocycles. The lowest BCUT2D eigenvalue weighted by molar-refractivity contribution is -0.131. The van der Waals surface area contributed by atoms with Crippen molar-refractivity contribution < 1.29 is 14.6 Å². The number of fused-ring (bicyclic) bond motifs is 1. The van der Waals surface area contributed by atoms with Crippen LogP contribution in [0.4, 0.5) is 0 Å². The molecule has 0 fully saturated rings. The van der Waals surface area contributed by atoms with E-state index in [1.165, 1.54) is 16.3 Å². The molecule has 120 valence electrons. The van der Waals surface area contributed by atoms with Gasteiger partial charge in [-0.3, -0.25) is 0 Å². The Labute approximate surface area is 140 Å². The van der Waals surface area contributed by atoms with Crippen LogP contribution in [0.25, 0.3) is 16.8 Å². The number of benzene rings is 3. The molecule has 24 heavy (non-hydrogen) atoms. The standard InChI is InChI=1S/C21H18O3/c1-24-20-10-8-18(19(14-20)9-11-21(22)23)13-15-6-7-16-4-2-3-5-17(16)12-15/h2-12,14H,13H2,1H3,(H,22,23). The summed E-state index contributed by atoms with van der Waals surface area (Å²) in [6.07, 6.45) is 3.49. The lowest BCUT2D eigenvalue weighted by Gasteiger charge is -2.10. The van der Waals surface area contributed by atoms with E-state index in [-0.39, 0.29) is 0 Å². The predicted molar refractivity (Wildman–Crippen MR) is 96.4 cm³/mol. The highest BCUT2D eigenvalue weighted by atomic mass is 16.5. The quantitative estimate of drug-likeness (QED) is 0.703. The van der Waals surface area contributed by atoms with Gasteiger partial charge in [-0.25, -0.2) is 4.79 Å². The van der Waals surface area contributed by atoms with Crippen LogP contribution in [-0.2, 0) is 11.2 Å². The molecule has 1 N–H and O–H groups in total. The number of carbonyl (C=O) groups is 1. The van der Waals surface area contributed by atoms with Crippen LogP contribution in [0.3, 0.4) is 0 Å². The predicted octanol–water partition coefficient (Wildman–Crippen LogP) is 4.54. The number of rotatable bonds is 5. The lowest BCUT2D eigenvalue weighted by atomic mass is 9.97. The second-order valence-electron chi connectivity index (χ2n) is 5.59. The summed E-state index contributed by atoms with van der Waals surface area (Å²) in [5.74, 6) is -0.253. The molecule has 0 amide bonds. The second kappa shape index (κ2) is 7.01. The van der Waals surface area contributed by atoms with Crippen LogP contribution in [0.2, 0.25) is 0 Å². The fourth-order valence-corrected chi connectivity index (χ4v) is 2.75. The summed E-state index contributed by atoms with van der Waals surface area (Å²) in [6, 6.07) is 20.4. The first-order valence-electron chi connectivity index (χ1n) is 7.71. The number of carboxylic acid groups (broad SMARTS) is 1. The smallest absolute Gasteiger partial charge is 0.328 e. The van der Waals surface area contributed by atoms with Crippen molar-refractivity contribution in [1.82, 2.24) is 0 Å². The van der Waals surface area contributed by atoms with E-state index in [0.717, 1.165) is 23.6 Å². The molecular formula is C21H18O3. The normalized spacial score (nSPS) is 11.0. The summed E-state index contributed by atoms with van der Waals surface area (Å²) in [6.45, 7) is 0. The second-order valence-corrected chi connectivity index (χ2v) is 5.59. The maximum absolute atomic E-state index is 10.8. The Morgan fingerprint density at radius 3 is 2.58 bits per heavy atom. The number of ether oxygens (including phenoxy) is 1. The Hall–Kier alpha value is -3.07. The van der Waals surface area contributed by atoms with Gasteiger partial charge in [0.25, 0.3) is 0 Å². The summed E-state index contributed by atoms with van der Waals surface area (Å²) >= 11 is 0. The van der Waals surface area contributed by atoms with E-state index < -0.39 is 5.97 Å². The highest BCUT2D eigenvalue weighted by molar-refractivity contribution is 5.86. The summed E-state index contributed by atoms with van der Waals surface area (Å²) in [5.41, 5.74) is 3.09. The van der Waals surface area contributed by atoms with Gasteiger partial charge < -0.3 is 9.84 Å². The molecule has 3 aromatic carbocycles. The van der Waals surface area contributed by atoms with Crippen molar-refractivity contribution in [2.75, 3.05) is 7.11 Å². The van der Waals surface area contributed by atoms with E-state index in [1.807, 2.05) is 30.3 Å². The molecular weight excluding hydrogens is 300 g/mol. The molecule has 0 unspecified atom stereocenters. The fraction of sp³-hybridized carbons (Fsp3) is 0.0952. The third kappa shape index (κ3) is 3.63. The van der Waals surface area contributed by atoms with Crippen LogP contribution in [-0.4, -0.2) is 18.2 Å². The molecule has 0 bridgehead atoms. The molecule has 0 aliphatic carbocycles. The van der Waals surface area contributed by atoms with Gasteiger partial charge in [0.15, 0.2) is 0 Å². The zero-order chi connectivity index (χ0) is 16.9. The Bertz CT molecular complexity index is 910. The third-order valence-corrected chi connectivity index (χ3v) is 3.97. The van der Waals surface area contributed by atoms with Crippen LogP contribution >= 0.6 is 0 Å². The van der Waals surface area contributed by atoms with E-state index in [1.54, 1.807) is 13.2 Å². The highest BCUT2D eigenvalue weighted by Crippen LogP contribution is 2.23. The number of carboxylic acids is 1. The molecule has 0 saturated carbocycles. The van der Waals surface area contributed by atoms with E-state index >= 15 is 0 Å². The topological polar surface area (TPSA) is 46.5 Å². The van der Waals surface area contributed by atoms with Gasteiger partial charge in [0.2, 0.25) is 0 Å². The maximum Gasteiger partial charge on any atom is 0.328 e. The van der Waals surface area contributed by atoms with E-state index in [9.17, 15) is 4.79 Å². The largest absolute Gasteiger partial charge is 0.497 e. The molecule has 0 heterocycles. The van der Waals surface area contributed by atoms with E-state index in [2.05, 4.69) is 30.3 Å². The van der Waals surface area contributed by atoms with Crippen molar-refractivity contribution in [2.24, 2.45) is 0 Å². The average Bonchev–Trinajstić information content (AvgIpc) is 2.60. The molecule has 0 aliphatic heterocycles. The van der Waals surface area contributed by atoms with E-state index in [4.69, 9.17) is 9.84 Å². The van der Waals surface area contributed by atoms with Crippen molar-refractivity contribution in [3.63, 3.8) is 0 Å². The zero-order valence-electron chi connectivity index (χ0n) is 13.4. The zero-order valence-corrected chi connectivity index (χ0v) is 13.4. The number of hydrogen-bond donors (Lipinski definition) is 1. The summed E-state index contributed by atoms with van der Waals surface area (Å²) in [4.78, 5) is 10.8. The lowest BCUT2D eigenvalue weighted by Crippen LogP contribution is -1.95. The van der Waals surface area contributed by atoms with Crippen molar-refractivity contribution in [3.8, 4) is 5.75 Å². The molecule has 0 aromatic heterocycles. The van der Waals surface area contributed by atoms with Gasteiger partial charge in [-0.1, -0.05) is 48.5 Å². The van der Waals surface area contributed by atoms with Crippen LogP contribution in [0.5, 0.6) is 5.75 Å². The Morgan fingerprint density at radius 2 is 1.83 bits per heavy atom. The third-order valence-electron chi connectivity index (χ3n) is 3.97. The van der Waals surface area contributed by atoms with Gasteiger partial charge in [0.1, 0.15) is 5.75 Å². The molecule has 0 aliphatic rings. The monoisotopic (exact) mass is 318 g/mol. The summed E-state index contributed by atoms with van der Waals surface area (Å²) in [5, 5.41) is 11.3. The molecule has 3 rings (SSSR count). The molecule has 0 spiro atoms. The number of hydrogen-bond acceptors (Lipinski definition) is 2. The van der Waals surface area contributed by atoms with Crippen LogP contribution in [0.15, 0.2) is 66.7 Å². The van der Waals surface area contributed by atoms with E-state index in [0.29, 0.717) is 5.75 Å². The highest BCUT2D eigenvalue weighted by Gasteiger charge is 2.05. The first-order chi connectivity index (χ1) is 11.7. The first-order valence-corrected chi connectivity index (χ1v) is 7.71. The number of aliphatic carboxylic acids is 1. The van der Waals surface area contributed by atoms with Crippen molar-refractivity contribution in [3.05, 3.63) is 83.4 Å². The first kappa shape index (κ1) is 15.8. The van der Waals surface area contributed by atoms with Crippen molar-refractivity contribution in [1.29, 1.82) is 0 Å². The van der Waals surface area contributed by atoms with Gasteiger partial charge >= 0.3 is 5.97 Å². The van der Waals surface area contributed by atoms with Crippen molar-refractivity contribution >= 4 is 22.8 Å². The van der Waals surface area contributed by atoms with Gasteiger partial charge in [0.05, 0.1) is 7.11 Å². The maximum atomic E-state index is 10.8. The van der Waals surface area contributed by atoms with Crippen LogP contribution in [0.1, 0.15) is 16.7 Å². The van der Waals surface area contributed by atoms with Gasteiger partial charge in [0, 0.05) is 6.08 Å². The molecule has 0 atom stereocenters. The average molecular weight is 318 g/mol. The summed E-state index contributed by atoms with van der Waals surface area (Å²) < 4.78 is 5.24. The molecule has 0 radical (unpaired) electrons. The minimum absolute atomic E-state index is 0.710. The SMILES string of the molecule is COc1ccc(Cc2ccc3ccccc3c2)c(C=CC(=O)O)c1. The van der Waals surface area contributed by atoms with Gasteiger partial charge in [-0.05, 0) is 52.1 Å². The summed E-state index contributed by atoms with van der Waals surface area (Å²) in [7, 11) is 1.60. The van der Waals surface area contributed by atoms with Crippen LogP contribution < -0.4 is 4.74 Å². The van der Waals surface area contributed by atoms with Crippen molar-refractivity contribution in [2.45, 2.75) is 6.42 Å². The minimum Gasteiger partial charge on any atom is -0.497 e. The minimum atomic E-state index is -0.963. The van der Waals surface area contributed by atoms with Gasteiger partial charge in [-0.15, -0.1) is 0 Å². The molecule has 3 aromatic rings. The van der Waals surface area contributed by atoms with Crippen LogP contribution in [0, 0.1) is 0 Å². The Balaban J connectivity index is 1.96. The fourth-order valence-electron chi connectivity index (χ4n) is 2.75. The Kier molecular flexibility index (Phi) is 4.62. The van der Waals surface area contributed by atoms with Gasteiger partial charge in [-0.2, -0.15) is 0 Å². The molecule has 3 nitrogen and oxygen atoms in total. The molecule has 3 heteroatoms. The number of methoxy groups -OCH3 is 1.